The van der Waals surface area contributed by atoms with Crippen molar-refractivity contribution in [3.63, 3.8) is 0 Å². The van der Waals surface area contributed by atoms with E-state index in [1.54, 1.807) is 30.3 Å². The van der Waals surface area contributed by atoms with Gasteiger partial charge < -0.3 is 10.0 Å². The predicted molar refractivity (Wildman–Crippen MR) is 67.5 cm³/mol. The number of alkyl halides is 3. The van der Waals surface area contributed by atoms with Gasteiger partial charge in [0, 0.05) is 13.0 Å². The second kappa shape index (κ2) is 5.38. The van der Waals surface area contributed by atoms with Crippen LogP contribution in [0.5, 0.6) is 0 Å². The van der Waals surface area contributed by atoms with E-state index in [1.807, 2.05) is 0 Å². The number of halogens is 3. The highest BCUT2D eigenvalue weighted by molar-refractivity contribution is 5.90. The molecule has 114 valence electrons. The van der Waals surface area contributed by atoms with Crippen LogP contribution in [0.15, 0.2) is 30.3 Å². The SMILES string of the molecule is O=C(N1CCCC1(Cc1ccccc1)C(=O)O)C(F)(F)F. The molecule has 1 aliphatic rings. The van der Waals surface area contributed by atoms with Crippen LogP contribution in [-0.2, 0) is 16.0 Å². The van der Waals surface area contributed by atoms with Crippen molar-refractivity contribution in [2.75, 3.05) is 6.54 Å². The lowest BCUT2D eigenvalue weighted by atomic mass is 9.88. The second-order valence-electron chi connectivity index (χ2n) is 5.06. The minimum absolute atomic E-state index is 0.0129. The molecule has 0 aromatic heterocycles. The van der Waals surface area contributed by atoms with E-state index in [1.165, 1.54) is 0 Å². The molecule has 7 heteroatoms. The molecule has 1 aliphatic heterocycles. The first-order valence-corrected chi connectivity index (χ1v) is 6.43. The van der Waals surface area contributed by atoms with E-state index in [0.29, 0.717) is 10.5 Å². The molecule has 1 atom stereocenters. The van der Waals surface area contributed by atoms with E-state index in [-0.39, 0.29) is 25.8 Å². The average Bonchev–Trinajstić information content (AvgIpc) is 2.82. The Bertz CT molecular complexity index is 544. The van der Waals surface area contributed by atoms with Crippen molar-refractivity contribution in [3.05, 3.63) is 35.9 Å². The van der Waals surface area contributed by atoms with Crippen LogP contribution in [0.4, 0.5) is 13.2 Å². The first kappa shape index (κ1) is 15.3. The summed E-state index contributed by atoms with van der Waals surface area (Å²) in [4.78, 5) is 23.6. The van der Waals surface area contributed by atoms with Crippen molar-refractivity contribution in [1.82, 2.24) is 4.90 Å². The smallest absolute Gasteiger partial charge is 0.471 e. The van der Waals surface area contributed by atoms with Gasteiger partial charge >= 0.3 is 18.1 Å². The van der Waals surface area contributed by atoms with Crippen LogP contribution in [-0.4, -0.2) is 40.1 Å². The number of nitrogens with zero attached hydrogens (tertiary/aromatic N) is 1. The quantitative estimate of drug-likeness (QED) is 0.931. The molecule has 1 aromatic rings. The van der Waals surface area contributed by atoms with Gasteiger partial charge in [0.05, 0.1) is 0 Å². The predicted octanol–water partition coefficient (Wildman–Crippen LogP) is 2.24. The van der Waals surface area contributed by atoms with Gasteiger partial charge in [-0.2, -0.15) is 13.2 Å². The van der Waals surface area contributed by atoms with E-state index in [0.717, 1.165) is 0 Å². The highest BCUT2D eigenvalue weighted by Gasteiger charge is 2.56. The molecule has 0 bridgehead atoms. The largest absolute Gasteiger partial charge is 0.479 e. The van der Waals surface area contributed by atoms with Gasteiger partial charge in [-0.1, -0.05) is 30.3 Å². The Labute approximate surface area is 119 Å². The number of likely N-dealkylation sites (tertiary alicyclic amines) is 1. The Morgan fingerprint density at radius 2 is 1.86 bits per heavy atom. The van der Waals surface area contributed by atoms with Crippen LogP contribution in [0, 0.1) is 0 Å². The molecule has 0 aliphatic carbocycles. The van der Waals surface area contributed by atoms with Gasteiger partial charge in [-0.3, -0.25) is 4.79 Å². The number of carbonyl (C=O) groups excluding carboxylic acids is 1. The van der Waals surface area contributed by atoms with Gasteiger partial charge in [0.15, 0.2) is 0 Å². The highest BCUT2D eigenvalue weighted by Crippen LogP contribution is 2.36. The summed E-state index contributed by atoms with van der Waals surface area (Å²) in [5, 5.41) is 9.45. The number of carboxylic acid groups (broad SMARTS) is 1. The minimum Gasteiger partial charge on any atom is -0.479 e. The molecule has 1 N–H and O–H groups in total. The van der Waals surface area contributed by atoms with Crippen LogP contribution >= 0.6 is 0 Å². The van der Waals surface area contributed by atoms with E-state index in [2.05, 4.69) is 0 Å². The van der Waals surface area contributed by atoms with Crippen LogP contribution < -0.4 is 0 Å². The Balaban J connectivity index is 2.37. The van der Waals surface area contributed by atoms with E-state index in [9.17, 15) is 27.9 Å². The Morgan fingerprint density at radius 3 is 2.38 bits per heavy atom. The Morgan fingerprint density at radius 1 is 1.24 bits per heavy atom. The summed E-state index contributed by atoms with van der Waals surface area (Å²) in [6.45, 7) is -0.197. The summed E-state index contributed by atoms with van der Waals surface area (Å²) in [5.41, 5.74) is -1.24. The standard InChI is InChI=1S/C14H14F3NO3/c15-14(16,17)11(19)18-8-4-7-13(18,12(20)21)9-10-5-2-1-3-6-10/h1-3,5-6H,4,7-9H2,(H,20,21). The third kappa shape index (κ3) is 2.86. The molecule has 2 rings (SSSR count). The summed E-state index contributed by atoms with van der Waals surface area (Å²) in [7, 11) is 0. The van der Waals surface area contributed by atoms with Crippen molar-refractivity contribution < 1.29 is 27.9 Å². The van der Waals surface area contributed by atoms with Crippen LogP contribution in [0.3, 0.4) is 0 Å². The molecule has 21 heavy (non-hydrogen) atoms. The summed E-state index contributed by atoms with van der Waals surface area (Å²) in [6.07, 6.45) is -4.95. The monoisotopic (exact) mass is 301 g/mol. The molecule has 1 heterocycles. The molecule has 1 aromatic carbocycles. The maximum atomic E-state index is 12.7. The number of benzene rings is 1. The van der Waals surface area contributed by atoms with Gasteiger partial charge in [-0.15, -0.1) is 0 Å². The van der Waals surface area contributed by atoms with Crippen LogP contribution in [0.2, 0.25) is 0 Å². The lowest BCUT2D eigenvalue weighted by Gasteiger charge is -2.35. The fourth-order valence-corrected chi connectivity index (χ4v) is 2.74. The highest BCUT2D eigenvalue weighted by atomic mass is 19.4. The third-order valence-corrected chi connectivity index (χ3v) is 3.71. The van der Waals surface area contributed by atoms with E-state index in [4.69, 9.17) is 0 Å². The Hall–Kier alpha value is -2.05. The summed E-state index contributed by atoms with van der Waals surface area (Å²) < 4.78 is 38.0. The number of hydrogen-bond donors (Lipinski definition) is 1. The van der Waals surface area contributed by atoms with E-state index < -0.39 is 23.6 Å². The molecular weight excluding hydrogens is 287 g/mol. The molecule has 1 unspecified atom stereocenters. The topological polar surface area (TPSA) is 57.6 Å². The van der Waals surface area contributed by atoms with Gasteiger partial charge in [-0.05, 0) is 18.4 Å². The zero-order valence-corrected chi connectivity index (χ0v) is 11.1. The molecule has 0 saturated carbocycles. The fourth-order valence-electron chi connectivity index (χ4n) is 2.74. The van der Waals surface area contributed by atoms with Crippen molar-refractivity contribution in [1.29, 1.82) is 0 Å². The number of aliphatic carboxylic acids is 1. The van der Waals surface area contributed by atoms with Crippen molar-refractivity contribution in [2.45, 2.75) is 31.0 Å². The maximum absolute atomic E-state index is 12.7. The van der Waals surface area contributed by atoms with Gasteiger partial charge in [0.25, 0.3) is 0 Å². The van der Waals surface area contributed by atoms with Crippen LogP contribution in [0.25, 0.3) is 0 Å². The number of rotatable bonds is 3. The average molecular weight is 301 g/mol. The number of hydrogen-bond acceptors (Lipinski definition) is 2. The number of carbonyl (C=O) groups is 2. The molecule has 1 fully saturated rings. The van der Waals surface area contributed by atoms with Crippen LogP contribution in [0.1, 0.15) is 18.4 Å². The lowest BCUT2D eigenvalue weighted by Crippen LogP contribution is -2.57. The molecule has 0 spiro atoms. The van der Waals surface area contributed by atoms with Crippen molar-refractivity contribution >= 4 is 11.9 Å². The first-order chi connectivity index (χ1) is 9.77. The molecule has 0 radical (unpaired) electrons. The zero-order valence-electron chi connectivity index (χ0n) is 11.1. The summed E-state index contributed by atoms with van der Waals surface area (Å²) in [6, 6.07) is 8.36. The van der Waals surface area contributed by atoms with Gasteiger partial charge in [0.2, 0.25) is 0 Å². The maximum Gasteiger partial charge on any atom is 0.471 e. The third-order valence-electron chi connectivity index (χ3n) is 3.71. The second-order valence-corrected chi connectivity index (χ2v) is 5.06. The van der Waals surface area contributed by atoms with Crippen molar-refractivity contribution in [3.8, 4) is 0 Å². The minimum atomic E-state index is -5.07. The molecule has 4 nitrogen and oxygen atoms in total. The summed E-state index contributed by atoms with van der Waals surface area (Å²) in [5.74, 6) is -3.49. The molecule has 1 amide bonds. The lowest BCUT2D eigenvalue weighted by molar-refractivity contribution is -0.192. The van der Waals surface area contributed by atoms with E-state index >= 15 is 0 Å². The fraction of sp³-hybridized carbons (Fsp3) is 0.429. The number of carboxylic acids is 1. The Kier molecular flexibility index (Phi) is 3.93. The molecular formula is C14H14F3NO3. The number of amides is 1. The molecule has 1 saturated heterocycles. The van der Waals surface area contributed by atoms with Gasteiger partial charge in [-0.25, -0.2) is 4.79 Å². The first-order valence-electron chi connectivity index (χ1n) is 6.43. The van der Waals surface area contributed by atoms with Crippen molar-refractivity contribution in [2.24, 2.45) is 0 Å². The summed E-state index contributed by atoms with van der Waals surface area (Å²) >= 11 is 0. The normalized spacial score (nSPS) is 22.3. The zero-order chi connectivity index (χ0) is 15.7. The van der Waals surface area contributed by atoms with Gasteiger partial charge in [0.1, 0.15) is 5.54 Å².